The molecule has 2 saturated heterocycles. The number of aliphatic imine (C=N–C) groups is 1. The first-order chi connectivity index (χ1) is 11.2. The van der Waals surface area contributed by atoms with Gasteiger partial charge in [-0.15, -0.1) is 24.0 Å². The number of hydrogen-bond donors (Lipinski definition) is 1. The maximum absolute atomic E-state index is 11.8. The van der Waals surface area contributed by atoms with Gasteiger partial charge in [-0.05, 0) is 17.5 Å². The summed E-state index contributed by atoms with van der Waals surface area (Å²) in [6.45, 7) is 5.04. The van der Waals surface area contributed by atoms with Gasteiger partial charge in [-0.1, -0.05) is 24.3 Å². The predicted molar refractivity (Wildman–Crippen MR) is 104 cm³/mol. The summed E-state index contributed by atoms with van der Waals surface area (Å²) in [5.74, 6) is 0.816. The van der Waals surface area contributed by atoms with Crippen molar-refractivity contribution in [3.63, 3.8) is 0 Å². The Labute approximate surface area is 160 Å². The Morgan fingerprint density at radius 3 is 2.54 bits per heavy atom. The molecule has 2 N–H and O–H groups in total. The largest absolute Gasteiger partial charge is 0.378 e. The second-order valence-electron chi connectivity index (χ2n) is 5.96. The van der Waals surface area contributed by atoms with Crippen LogP contribution in [0.15, 0.2) is 29.3 Å². The number of amides is 1. The molecule has 2 aliphatic rings. The minimum Gasteiger partial charge on any atom is -0.378 e. The van der Waals surface area contributed by atoms with Crippen LogP contribution in [0.4, 0.5) is 0 Å². The van der Waals surface area contributed by atoms with Crippen LogP contribution in [0.25, 0.3) is 0 Å². The van der Waals surface area contributed by atoms with Crippen LogP contribution >= 0.6 is 24.0 Å². The highest BCUT2D eigenvalue weighted by molar-refractivity contribution is 14.0. The molecule has 0 radical (unpaired) electrons. The molecule has 7 heteroatoms. The van der Waals surface area contributed by atoms with E-state index in [0.717, 1.165) is 37.2 Å². The summed E-state index contributed by atoms with van der Waals surface area (Å²) in [6.07, 6.45) is 1.63. The van der Waals surface area contributed by atoms with Gasteiger partial charge in [0, 0.05) is 32.6 Å². The fourth-order valence-electron chi connectivity index (χ4n) is 3.00. The molecule has 1 amide bonds. The third-order valence-electron chi connectivity index (χ3n) is 4.40. The van der Waals surface area contributed by atoms with E-state index < -0.39 is 0 Å². The fraction of sp³-hybridized carbons (Fsp3) is 0.529. The summed E-state index contributed by atoms with van der Waals surface area (Å²) in [5.41, 5.74) is 8.37. The lowest BCUT2D eigenvalue weighted by molar-refractivity contribution is -0.128. The molecule has 2 heterocycles. The molecule has 0 spiro atoms. The molecule has 0 unspecified atom stereocenters. The van der Waals surface area contributed by atoms with Crippen LogP contribution in [0.1, 0.15) is 24.0 Å². The van der Waals surface area contributed by atoms with Crippen molar-refractivity contribution < 1.29 is 9.53 Å². The molecule has 24 heavy (non-hydrogen) atoms. The molecular formula is C17H25IN4O2. The van der Waals surface area contributed by atoms with E-state index in [9.17, 15) is 4.79 Å². The van der Waals surface area contributed by atoms with Gasteiger partial charge >= 0.3 is 0 Å². The molecule has 1 aromatic rings. The minimum absolute atomic E-state index is 0. The Morgan fingerprint density at radius 2 is 1.88 bits per heavy atom. The minimum atomic E-state index is 0. The number of halogens is 1. The lowest BCUT2D eigenvalue weighted by atomic mass is 10.1. The Kier molecular flexibility index (Phi) is 7.29. The summed E-state index contributed by atoms with van der Waals surface area (Å²) in [4.78, 5) is 20.3. The van der Waals surface area contributed by atoms with E-state index >= 15 is 0 Å². The van der Waals surface area contributed by atoms with Crippen molar-refractivity contribution in [2.75, 3.05) is 32.8 Å². The van der Waals surface area contributed by atoms with Gasteiger partial charge in [0.1, 0.15) is 0 Å². The first-order valence-corrected chi connectivity index (χ1v) is 8.21. The van der Waals surface area contributed by atoms with Crippen LogP contribution < -0.4 is 5.73 Å². The summed E-state index contributed by atoms with van der Waals surface area (Å²) in [7, 11) is 0. The highest BCUT2D eigenvalue weighted by Crippen LogP contribution is 2.18. The quantitative estimate of drug-likeness (QED) is 0.435. The zero-order valence-corrected chi connectivity index (χ0v) is 16.1. The van der Waals surface area contributed by atoms with E-state index in [1.165, 1.54) is 0 Å². The molecule has 2 aliphatic heterocycles. The summed E-state index contributed by atoms with van der Waals surface area (Å²) in [5, 5.41) is 0. The Bertz CT molecular complexity index is 588. The van der Waals surface area contributed by atoms with Gasteiger partial charge in [0.2, 0.25) is 5.91 Å². The van der Waals surface area contributed by atoms with E-state index in [1.54, 1.807) is 0 Å². The fourth-order valence-corrected chi connectivity index (χ4v) is 3.00. The highest BCUT2D eigenvalue weighted by Gasteiger charge is 2.20. The van der Waals surface area contributed by atoms with Crippen LogP contribution in [0, 0.1) is 0 Å². The van der Waals surface area contributed by atoms with Gasteiger partial charge in [-0.3, -0.25) is 4.79 Å². The molecule has 3 rings (SSSR count). The van der Waals surface area contributed by atoms with Crippen molar-refractivity contribution in [1.29, 1.82) is 0 Å². The highest BCUT2D eigenvalue weighted by atomic mass is 127. The van der Waals surface area contributed by atoms with Crippen LogP contribution in [-0.4, -0.2) is 54.5 Å². The normalized spacial score (nSPS) is 18.7. The molecule has 0 bridgehead atoms. The molecule has 0 aromatic heterocycles. The number of nitrogens with two attached hydrogens (primary N) is 1. The number of nitrogens with zero attached hydrogens (tertiary/aromatic N) is 3. The number of ether oxygens (including phenoxy) is 1. The first-order valence-electron chi connectivity index (χ1n) is 8.21. The third kappa shape index (κ3) is 4.83. The Morgan fingerprint density at radius 1 is 1.17 bits per heavy atom. The molecule has 132 valence electrons. The number of hydrogen-bond acceptors (Lipinski definition) is 3. The van der Waals surface area contributed by atoms with Crippen LogP contribution in [0.3, 0.4) is 0 Å². The number of rotatable bonds is 4. The standard InChI is InChI=1S/C17H24N4O2.HI/c18-17(20-8-10-23-11-9-20)19-12-14-4-1-2-5-15(14)13-21-7-3-6-16(21)22;/h1-2,4-5H,3,6-13H2,(H2,18,19);1H. The van der Waals surface area contributed by atoms with Crippen LogP contribution in [0.2, 0.25) is 0 Å². The zero-order valence-electron chi connectivity index (χ0n) is 13.8. The van der Waals surface area contributed by atoms with E-state index in [1.807, 2.05) is 17.0 Å². The average Bonchev–Trinajstić information content (AvgIpc) is 2.99. The zero-order chi connectivity index (χ0) is 16.1. The van der Waals surface area contributed by atoms with Gasteiger partial charge in [-0.25, -0.2) is 4.99 Å². The summed E-state index contributed by atoms with van der Waals surface area (Å²) >= 11 is 0. The van der Waals surface area contributed by atoms with Gasteiger partial charge in [0.15, 0.2) is 5.96 Å². The van der Waals surface area contributed by atoms with E-state index in [4.69, 9.17) is 10.5 Å². The number of morpholine rings is 1. The summed E-state index contributed by atoms with van der Waals surface area (Å²) in [6, 6.07) is 8.15. The van der Waals surface area contributed by atoms with Crippen molar-refractivity contribution >= 4 is 35.8 Å². The van der Waals surface area contributed by atoms with Crippen molar-refractivity contribution in [2.45, 2.75) is 25.9 Å². The SMILES string of the molecule is I.NC(=NCc1ccccc1CN1CCCC1=O)N1CCOCC1. The second kappa shape index (κ2) is 9.22. The van der Waals surface area contributed by atoms with Crippen molar-refractivity contribution in [1.82, 2.24) is 9.80 Å². The van der Waals surface area contributed by atoms with Gasteiger partial charge in [-0.2, -0.15) is 0 Å². The maximum Gasteiger partial charge on any atom is 0.222 e. The third-order valence-corrected chi connectivity index (χ3v) is 4.40. The lowest BCUT2D eigenvalue weighted by Gasteiger charge is -2.27. The van der Waals surface area contributed by atoms with Crippen molar-refractivity contribution in [2.24, 2.45) is 10.7 Å². The van der Waals surface area contributed by atoms with E-state index in [0.29, 0.717) is 38.7 Å². The second-order valence-corrected chi connectivity index (χ2v) is 5.96. The molecule has 0 atom stereocenters. The van der Waals surface area contributed by atoms with E-state index in [-0.39, 0.29) is 29.9 Å². The molecule has 2 fully saturated rings. The number of guanidine groups is 1. The number of carbonyl (C=O) groups is 1. The Hall–Kier alpha value is -1.35. The van der Waals surface area contributed by atoms with Crippen LogP contribution in [0.5, 0.6) is 0 Å². The van der Waals surface area contributed by atoms with E-state index in [2.05, 4.69) is 22.0 Å². The molecule has 6 nitrogen and oxygen atoms in total. The summed E-state index contributed by atoms with van der Waals surface area (Å²) < 4.78 is 5.33. The number of likely N-dealkylation sites (tertiary alicyclic amines) is 1. The predicted octanol–water partition coefficient (Wildman–Crippen LogP) is 1.57. The molecule has 0 aliphatic carbocycles. The van der Waals surface area contributed by atoms with Crippen molar-refractivity contribution in [3.05, 3.63) is 35.4 Å². The monoisotopic (exact) mass is 444 g/mol. The van der Waals surface area contributed by atoms with Gasteiger partial charge in [0.25, 0.3) is 0 Å². The average molecular weight is 444 g/mol. The number of carbonyl (C=O) groups excluding carboxylic acids is 1. The smallest absolute Gasteiger partial charge is 0.222 e. The van der Waals surface area contributed by atoms with Crippen molar-refractivity contribution in [3.8, 4) is 0 Å². The molecule has 1 aromatic carbocycles. The Balaban J connectivity index is 0.00000208. The first kappa shape index (κ1) is 19.0. The molecule has 0 saturated carbocycles. The molecular weight excluding hydrogens is 419 g/mol. The van der Waals surface area contributed by atoms with Crippen LogP contribution in [-0.2, 0) is 22.6 Å². The van der Waals surface area contributed by atoms with Gasteiger partial charge in [0.05, 0.1) is 19.8 Å². The number of benzene rings is 1. The topological polar surface area (TPSA) is 71.2 Å². The van der Waals surface area contributed by atoms with Gasteiger partial charge < -0.3 is 20.3 Å². The lowest BCUT2D eigenvalue weighted by Crippen LogP contribution is -2.44. The maximum atomic E-state index is 11.8.